The Morgan fingerprint density at radius 3 is 2.50 bits per heavy atom. The fraction of sp³-hybridized carbons (Fsp3) is 0.778. The third-order valence-corrected chi connectivity index (χ3v) is 2.70. The number of aliphatic carboxylic acids is 1. The molecule has 0 radical (unpaired) electrons. The summed E-state index contributed by atoms with van der Waals surface area (Å²) in [6, 6.07) is -0.877. The number of likely N-dealkylation sites (tertiary alicyclic amines) is 1. The number of rotatable bonds is 2. The first-order valence-corrected chi connectivity index (χ1v) is 4.69. The van der Waals surface area contributed by atoms with Gasteiger partial charge in [0.1, 0.15) is 6.04 Å². The Hall–Kier alpha value is -1.10. The second-order valence-corrected chi connectivity index (χ2v) is 3.61. The van der Waals surface area contributed by atoms with Crippen molar-refractivity contribution in [1.29, 1.82) is 0 Å². The molecule has 0 spiro atoms. The smallest absolute Gasteiger partial charge is 0.326 e. The molecule has 0 aliphatic carbocycles. The molecule has 1 heterocycles. The van der Waals surface area contributed by atoms with Crippen LogP contribution in [0.3, 0.4) is 0 Å². The minimum Gasteiger partial charge on any atom is -0.480 e. The van der Waals surface area contributed by atoms with Crippen LogP contribution in [-0.2, 0) is 9.59 Å². The average Bonchev–Trinajstić information content (AvgIpc) is 2.42. The molecule has 1 aliphatic heterocycles. The number of carbonyl (C=O) groups excluding carboxylic acids is 1. The number of carboxylic acids is 1. The van der Waals surface area contributed by atoms with Crippen LogP contribution in [0.4, 0.5) is 0 Å². The zero-order chi connectivity index (χ0) is 10.9. The predicted octanol–water partition coefficient (Wildman–Crippen LogP) is -0.311. The van der Waals surface area contributed by atoms with E-state index in [4.69, 9.17) is 5.11 Å². The molecular formula is C9H15NO4. The molecule has 1 rings (SSSR count). The Balaban J connectivity index is 2.85. The van der Waals surface area contributed by atoms with E-state index in [0.29, 0.717) is 0 Å². The van der Waals surface area contributed by atoms with Gasteiger partial charge in [-0.05, 0) is 0 Å². The first kappa shape index (κ1) is 11.0. The molecule has 3 atom stereocenters. The summed E-state index contributed by atoms with van der Waals surface area (Å²) in [5, 5.41) is 18.4. The molecule has 0 aromatic heterocycles. The fourth-order valence-electron chi connectivity index (χ4n) is 1.79. The summed E-state index contributed by atoms with van der Waals surface area (Å²) in [4.78, 5) is 23.5. The zero-order valence-corrected chi connectivity index (χ0v) is 8.30. The predicted molar refractivity (Wildman–Crippen MR) is 48.6 cm³/mol. The van der Waals surface area contributed by atoms with Gasteiger partial charge in [0.2, 0.25) is 5.91 Å². The lowest BCUT2D eigenvalue weighted by Gasteiger charge is -2.22. The maximum atomic E-state index is 11.4. The van der Waals surface area contributed by atoms with Crippen LogP contribution < -0.4 is 0 Å². The lowest BCUT2D eigenvalue weighted by Crippen LogP contribution is -2.42. The van der Waals surface area contributed by atoms with Gasteiger partial charge in [-0.25, -0.2) is 4.79 Å². The Labute approximate surface area is 82.3 Å². The van der Waals surface area contributed by atoms with Gasteiger partial charge in [-0.3, -0.25) is 4.79 Å². The molecule has 2 N–H and O–H groups in total. The summed E-state index contributed by atoms with van der Waals surface area (Å²) in [6.07, 6.45) is -0.463. The van der Waals surface area contributed by atoms with Gasteiger partial charge in [-0.1, -0.05) is 13.8 Å². The van der Waals surface area contributed by atoms with Gasteiger partial charge in [0.15, 0.2) is 0 Å². The van der Waals surface area contributed by atoms with Crippen LogP contribution in [0.1, 0.15) is 20.3 Å². The van der Waals surface area contributed by atoms with E-state index in [0.717, 1.165) is 0 Å². The van der Waals surface area contributed by atoms with Gasteiger partial charge in [0.05, 0.1) is 6.10 Å². The van der Waals surface area contributed by atoms with Crippen molar-refractivity contribution in [3.8, 4) is 0 Å². The highest BCUT2D eigenvalue weighted by atomic mass is 16.4. The topological polar surface area (TPSA) is 77.8 Å². The van der Waals surface area contributed by atoms with Crippen LogP contribution in [0.15, 0.2) is 0 Å². The lowest BCUT2D eigenvalue weighted by molar-refractivity contribution is -0.149. The van der Waals surface area contributed by atoms with Crippen LogP contribution in [-0.4, -0.2) is 45.7 Å². The van der Waals surface area contributed by atoms with Crippen molar-refractivity contribution in [2.75, 3.05) is 6.54 Å². The number of nitrogens with zero attached hydrogens (tertiary/aromatic N) is 1. The fourth-order valence-corrected chi connectivity index (χ4v) is 1.79. The Bertz CT molecular complexity index is 253. The SMILES string of the molecule is CCC(=O)N1C[C@@H](O)C(C)[C@H]1C(=O)O. The summed E-state index contributed by atoms with van der Waals surface area (Å²) in [7, 11) is 0. The number of hydrogen-bond donors (Lipinski definition) is 2. The van der Waals surface area contributed by atoms with E-state index in [9.17, 15) is 14.7 Å². The summed E-state index contributed by atoms with van der Waals surface area (Å²) < 4.78 is 0. The molecule has 0 aromatic carbocycles. The van der Waals surface area contributed by atoms with Gasteiger partial charge in [-0.2, -0.15) is 0 Å². The van der Waals surface area contributed by atoms with Crippen molar-refractivity contribution >= 4 is 11.9 Å². The van der Waals surface area contributed by atoms with E-state index in [1.165, 1.54) is 4.90 Å². The third kappa shape index (κ3) is 1.72. The van der Waals surface area contributed by atoms with Crippen LogP contribution in [0.5, 0.6) is 0 Å². The molecule has 0 aromatic rings. The molecular weight excluding hydrogens is 186 g/mol. The number of β-amino-alcohol motifs (C(OH)–C–C–N with tert-alkyl or cyclic N) is 1. The first-order valence-electron chi connectivity index (χ1n) is 4.69. The van der Waals surface area contributed by atoms with E-state index >= 15 is 0 Å². The van der Waals surface area contributed by atoms with E-state index in [2.05, 4.69) is 0 Å². The zero-order valence-electron chi connectivity index (χ0n) is 8.30. The van der Waals surface area contributed by atoms with E-state index < -0.39 is 24.0 Å². The van der Waals surface area contributed by atoms with Gasteiger partial charge < -0.3 is 15.1 Å². The van der Waals surface area contributed by atoms with Gasteiger partial charge >= 0.3 is 5.97 Å². The second kappa shape index (κ2) is 3.96. The average molecular weight is 201 g/mol. The Morgan fingerprint density at radius 2 is 2.07 bits per heavy atom. The number of hydrogen-bond acceptors (Lipinski definition) is 3. The van der Waals surface area contributed by atoms with Crippen LogP contribution in [0.25, 0.3) is 0 Å². The quantitative estimate of drug-likeness (QED) is 0.642. The van der Waals surface area contributed by atoms with Gasteiger partial charge in [-0.15, -0.1) is 0 Å². The maximum Gasteiger partial charge on any atom is 0.326 e. The summed E-state index contributed by atoms with van der Waals surface area (Å²) >= 11 is 0. The first-order chi connectivity index (χ1) is 6.49. The van der Waals surface area contributed by atoms with Crippen LogP contribution in [0, 0.1) is 5.92 Å². The molecule has 1 aliphatic rings. The Kier molecular flexibility index (Phi) is 3.10. The van der Waals surface area contributed by atoms with Crippen molar-refractivity contribution in [2.45, 2.75) is 32.4 Å². The molecule has 0 bridgehead atoms. The minimum absolute atomic E-state index is 0.130. The maximum absolute atomic E-state index is 11.4. The molecule has 14 heavy (non-hydrogen) atoms. The highest BCUT2D eigenvalue weighted by Gasteiger charge is 2.44. The van der Waals surface area contributed by atoms with Crippen molar-refractivity contribution in [2.24, 2.45) is 5.92 Å². The number of aliphatic hydroxyl groups is 1. The van der Waals surface area contributed by atoms with Crippen molar-refractivity contribution < 1.29 is 19.8 Å². The molecule has 80 valence electrons. The van der Waals surface area contributed by atoms with Crippen molar-refractivity contribution in [3.63, 3.8) is 0 Å². The monoisotopic (exact) mass is 201 g/mol. The summed E-state index contributed by atoms with van der Waals surface area (Å²) in [5.74, 6) is -1.67. The summed E-state index contributed by atoms with van der Waals surface area (Å²) in [6.45, 7) is 3.45. The van der Waals surface area contributed by atoms with Gasteiger partial charge in [0.25, 0.3) is 0 Å². The highest BCUT2D eigenvalue weighted by Crippen LogP contribution is 2.25. The van der Waals surface area contributed by atoms with Crippen LogP contribution >= 0.6 is 0 Å². The highest BCUT2D eigenvalue weighted by molar-refractivity contribution is 5.84. The number of amides is 1. The number of aliphatic hydroxyl groups excluding tert-OH is 1. The second-order valence-electron chi connectivity index (χ2n) is 3.61. The molecule has 1 unspecified atom stereocenters. The molecule has 5 heteroatoms. The Morgan fingerprint density at radius 1 is 1.50 bits per heavy atom. The third-order valence-electron chi connectivity index (χ3n) is 2.70. The van der Waals surface area contributed by atoms with Crippen molar-refractivity contribution in [1.82, 2.24) is 4.90 Å². The van der Waals surface area contributed by atoms with Gasteiger partial charge in [0, 0.05) is 18.9 Å². The standard InChI is InChI=1S/C9H15NO4/c1-3-7(12)10-4-6(11)5(2)8(10)9(13)14/h5-6,8,11H,3-4H2,1-2H3,(H,13,14)/t5?,6-,8+/m1/s1. The molecule has 1 fully saturated rings. The van der Waals surface area contributed by atoms with Crippen molar-refractivity contribution in [3.05, 3.63) is 0 Å². The molecule has 1 saturated heterocycles. The molecule has 1 amide bonds. The largest absolute Gasteiger partial charge is 0.480 e. The molecule has 0 saturated carbocycles. The van der Waals surface area contributed by atoms with E-state index in [1.54, 1.807) is 13.8 Å². The minimum atomic E-state index is -1.05. The number of carboxylic acid groups (broad SMARTS) is 1. The molecule has 5 nitrogen and oxygen atoms in total. The summed E-state index contributed by atoms with van der Waals surface area (Å²) in [5.41, 5.74) is 0. The van der Waals surface area contributed by atoms with E-state index in [-0.39, 0.29) is 18.9 Å². The van der Waals surface area contributed by atoms with E-state index in [1.807, 2.05) is 0 Å². The normalized spacial score (nSPS) is 31.9. The van der Waals surface area contributed by atoms with Crippen LogP contribution in [0.2, 0.25) is 0 Å². The number of carbonyl (C=O) groups is 2. The lowest BCUT2D eigenvalue weighted by atomic mass is 10.0.